The first-order valence-electron chi connectivity index (χ1n) is 3.09. The van der Waals surface area contributed by atoms with E-state index in [0.29, 0.717) is 5.56 Å². The van der Waals surface area contributed by atoms with Crippen LogP contribution in [-0.2, 0) is 0 Å². The molecule has 0 radical (unpaired) electrons. The molecule has 1 aromatic rings. The van der Waals surface area contributed by atoms with Crippen molar-refractivity contribution in [2.45, 2.75) is 5.08 Å². The molecule has 1 atom stereocenters. The van der Waals surface area contributed by atoms with Crippen LogP contribution >= 0.6 is 15.9 Å². The molecule has 0 aromatic heterocycles. The Labute approximate surface area is 72.4 Å². The number of hydrogen-bond donors (Lipinski definition) is 0. The lowest BCUT2D eigenvalue weighted by Gasteiger charge is -1.97. The summed E-state index contributed by atoms with van der Waals surface area (Å²) in [6.07, 6.45) is 0. The van der Waals surface area contributed by atoms with Gasteiger partial charge in [0.15, 0.2) is 0 Å². The number of carbonyl (C=O) groups is 1. The highest BCUT2D eigenvalue weighted by atomic mass is 79.9. The molecule has 0 N–H and O–H groups in total. The Bertz CT molecular complexity index is 246. The minimum absolute atomic E-state index is 0.386. The smallest absolute Gasteiger partial charge is 0.217 e. The molecule has 11 heavy (non-hydrogen) atoms. The van der Waals surface area contributed by atoms with Gasteiger partial charge in [-0.15, -0.1) is 0 Å². The largest absolute Gasteiger partial charge is 0.290 e. The summed E-state index contributed by atoms with van der Waals surface area (Å²) < 4.78 is 12.3. The molecule has 0 bridgehead atoms. The number of benzene rings is 1. The van der Waals surface area contributed by atoms with Crippen molar-refractivity contribution >= 4 is 21.7 Å². The number of carbonyl (C=O) groups excluding carboxylic acids is 1. The molecule has 1 rings (SSSR count). The lowest BCUT2D eigenvalue weighted by Crippen LogP contribution is -2.07. The topological polar surface area (TPSA) is 17.1 Å². The van der Waals surface area contributed by atoms with Crippen molar-refractivity contribution in [3.8, 4) is 0 Å². The second-order valence-electron chi connectivity index (χ2n) is 2.03. The van der Waals surface area contributed by atoms with Gasteiger partial charge in [0.25, 0.3) is 0 Å². The minimum Gasteiger partial charge on any atom is -0.290 e. The van der Waals surface area contributed by atoms with E-state index in [2.05, 4.69) is 15.9 Å². The number of alkyl halides is 2. The second kappa shape index (κ2) is 3.62. The van der Waals surface area contributed by atoms with Gasteiger partial charge in [0.1, 0.15) is 0 Å². The highest BCUT2D eigenvalue weighted by Gasteiger charge is 2.13. The monoisotopic (exact) mass is 216 g/mol. The summed E-state index contributed by atoms with van der Waals surface area (Å²) in [7, 11) is 0. The van der Waals surface area contributed by atoms with E-state index < -0.39 is 10.9 Å². The first-order chi connectivity index (χ1) is 5.22. The molecule has 0 heterocycles. The molecule has 1 nitrogen and oxygen atoms in total. The summed E-state index contributed by atoms with van der Waals surface area (Å²) >= 11 is 2.56. The second-order valence-corrected chi connectivity index (χ2v) is 2.83. The number of hydrogen-bond acceptors (Lipinski definition) is 1. The van der Waals surface area contributed by atoms with E-state index in [1.54, 1.807) is 30.3 Å². The van der Waals surface area contributed by atoms with Gasteiger partial charge in [-0.1, -0.05) is 30.3 Å². The molecule has 0 saturated carbocycles. The van der Waals surface area contributed by atoms with Gasteiger partial charge >= 0.3 is 0 Å². The summed E-state index contributed by atoms with van der Waals surface area (Å²) in [5.74, 6) is -0.536. The Balaban J connectivity index is 2.86. The van der Waals surface area contributed by atoms with E-state index in [1.165, 1.54) is 0 Å². The van der Waals surface area contributed by atoms with Crippen molar-refractivity contribution < 1.29 is 9.18 Å². The van der Waals surface area contributed by atoms with Gasteiger partial charge in [0.05, 0.1) is 0 Å². The Kier molecular flexibility index (Phi) is 2.76. The maximum Gasteiger partial charge on any atom is 0.217 e. The Morgan fingerprint density at radius 2 is 1.91 bits per heavy atom. The van der Waals surface area contributed by atoms with Crippen molar-refractivity contribution in [2.24, 2.45) is 0 Å². The number of ketones is 1. The van der Waals surface area contributed by atoms with Gasteiger partial charge in [-0.3, -0.25) is 4.79 Å². The Morgan fingerprint density at radius 1 is 1.36 bits per heavy atom. The Hall–Kier alpha value is -0.700. The number of rotatable bonds is 2. The highest BCUT2D eigenvalue weighted by molar-refractivity contribution is 9.09. The van der Waals surface area contributed by atoms with Crippen molar-refractivity contribution in [2.75, 3.05) is 0 Å². The van der Waals surface area contributed by atoms with Crippen LogP contribution in [0.1, 0.15) is 10.4 Å². The lowest BCUT2D eigenvalue weighted by atomic mass is 10.1. The van der Waals surface area contributed by atoms with E-state index in [-0.39, 0.29) is 0 Å². The van der Waals surface area contributed by atoms with E-state index >= 15 is 0 Å². The third kappa shape index (κ3) is 2.12. The number of halogens is 2. The Morgan fingerprint density at radius 3 is 2.36 bits per heavy atom. The minimum atomic E-state index is -1.59. The molecular formula is C8H6BrFO. The first-order valence-corrected chi connectivity index (χ1v) is 4.01. The van der Waals surface area contributed by atoms with Crippen LogP contribution in [-0.4, -0.2) is 10.9 Å². The van der Waals surface area contributed by atoms with Crippen LogP contribution < -0.4 is 0 Å². The molecule has 0 unspecified atom stereocenters. The first kappa shape index (κ1) is 8.40. The predicted octanol–water partition coefficient (Wildman–Crippen LogP) is 2.56. The van der Waals surface area contributed by atoms with Crippen LogP contribution in [0.25, 0.3) is 0 Å². The maximum atomic E-state index is 12.3. The standard InChI is InChI=1S/C8H6BrFO/c9-8(10)7(11)6-4-2-1-3-5-6/h1-5,8H/t8-/m0/s1. The molecular weight excluding hydrogens is 211 g/mol. The van der Waals surface area contributed by atoms with Crippen LogP contribution in [0.15, 0.2) is 30.3 Å². The summed E-state index contributed by atoms with van der Waals surface area (Å²) in [5, 5.41) is -1.59. The van der Waals surface area contributed by atoms with Crippen LogP contribution in [0.3, 0.4) is 0 Å². The molecule has 0 aliphatic heterocycles. The van der Waals surface area contributed by atoms with Gasteiger partial charge in [-0.25, -0.2) is 4.39 Å². The van der Waals surface area contributed by atoms with E-state index in [4.69, 9.17) is 0 Å². The molecule has 58 valence electrons. The molecule has 0 aliphatic carbocycles. The average molecular weight is 217 g/mol. The van der Waals surface area contributed by atoms with Crippen LogP contribution in [0.5, 0.6) is 0 Å². The zero-order valence-corrected chi connectivity index (χ0v) is 7.21. The van der Waals surface area contributed by atoms with Crippen molar-refractivity contribution in [3.63, 3.8) is 0 Å². The van der Waals surface area contributed by atoms with Gasteiger partial charge in [0, 0.05) is 5.56 Å². The fourth-order valence-electron chi connectivity index (χ4n) is 0.728. The summed E-state index contributed by atoms with van der Waals surface area (Å²) in [6, 6.07) is 8.33. The molecule has 1 aromatic carbocycles. The van der Waals surface area contributed by atoms with Gasteiger partial charge in [-0.05, 0) is 15.9 Å². The van der Waals surface area contributed by atoms with Crippen molar-refractivity contribution in [3.05, 3.63) is 35.9 Å². The lowest BCUT2D eigenvalue weighted by molar-refractivity contribution is 0.0942. The van der Waals surface area contributed by atoms with Crippen molar-refractivity contribution in [1.82, 2.24) is 0 Å². The highest BCUT2D eigenvalue weighted by Crippen LogP contribution is 2.10. The fraction of sp³-hybridized carbons (Fsp3) is 0.125. The van der Waals surface area contributed by atoms with Gasteiger partial charge in [-0.2, -0.15) is 0 Å². The van der Waals surface area contributed by atoms with E-state index in [1.807, 2.05) is 0 Å². The number of Topliss-reactive ketones (excluding diaryl/α,β-unsaturated/α-hetero) is 1. The molecule has 3 heteroatoms. The van der Waals surface area contributed by atoms with Crippen molar-refractivity contribution in [1.29, 1.82) is 0 Å². The SMILES string of the molecule is O=C(c1ccccc1)[C@H](F)Br. The van der Waals surface area contributed by atoms with Gasteiger partial charge < -0.3 is 0 Å². The fourth-order valence-corrected chi connectivity index (χ4v) is 0.993. The van der Waals surface area contributed by atoms with Crippen LogP contribution in [0.4, 0.5) is 4.39 Å². The predicted molar refractivity (Wildman–Crippen MR) is 44.6 cm³/mol. The zero-order chi connectivity index (χ0) is 8.27. The molecule has 0 amide bonds. The zero-order valence-electron chi connectivity index (χ0n) is 5.63. The van der Waals surface area contributed by atoms with E-state index in [9.17, 15) is 9.18 Å². The average Bonchev–Trinajstić information content (AvgIpc) is 2.05. The van der Waals surface area contributed by atoms with Crippen LogP contribution in [0, 0.1) is 0 Å². The molecule has 0 fully saturated rings. The third-order valence-electron chi connectivity index (χ3n) is 1.26. The molecule has 0 spiro atoms. The van der Waals surface area contributed by atoms with Gasteiger partial charge in [0.2, 0.25) is 10.9 Å². The maximum absolute atomic E-state index is 12.3. The van der Waals surface area contributed by atoms with E-state index in [0.717, 1.165) is 0 Å². The normalized spacial score (nSPS) is 12.5. The molecule has 0 aliphatic rings. The summed E-state index contributed by atoms with van der Waals surface area (Å²) in [4.78, 5) is 10.9. The van der Waals surface area contributed by atoms with Crippen LogP contribution in [0.2, 0.25) is 0 Å². The molecule has 0 saturated heterocycles. The summed E-state index contributed by atoms with van der Waals surface area (Å²) in [5.41, 5.74) is 0.386. The quantitative estimate of drug-likeness (QED) is 0.549. The third-order valence-corrected chi connectivity index (χ3v) is 1.67. The summed E-state index contributed by atoms with van der Waals surface area (Å²) in [6.45, 7) is 0.